The van der Waals surface area contributed by atoms with E-state index in [1.807, 2.05) is 0 Å². The number of carbonyl (C=O) groups excluding carboxylic acids is 1. The number of rotatable bonds is 5. The fraction of sp³-hybridized carbons (Fsp3) is 0.278. The Labute approximate surface area is 155 Å². The second-order valence-corrected chi connectivity index (χ2v) is 6.29. The van der Waals surface area contributed by atoms with Crippen molar-refractivity contribution in [3.05, 3.63) is 54.0 Å². The number of nitrogens with one attached hydrogen (secondary N) is 1. The Morgan fingerprint density at radius 3 is 3.12 bits per heavy atom. The van der Waals surface area contributed by atoms with E-state index in [4.69, 9.17) is 16.3 Å². The van der Waals surface area contributed by atoms with E-state index in [0.717, 1.165) is 12.6 Å². The van der Waals surface area contributed by atoms with Crippen LogP contribution in [0.3, 0.4) is 0 Å². The number of aromatic nitrogens is 2. The first-order valence-corrected chi connectivity index (χ1v) is 8.56. The summed E-state index contributed by atoms with van der Waals surface area (Å²) in [6, 6.07) is 7.01. The summed E-state index contributed by atoms with van der Waals surface area (Å²) in [5.41, 5.74) is 0.676. The number of anilines is 2. The van der Waals surface area contributed by atoms with Gasteiger partial charge in [-0.15, -0.1) is 0 Å². The number of hydrogen-bond acceptors (Lipinski definition) is 5. The van der Waals surface area contributed by atoms with Gasteiger partial charge in [0, 0.05) is 17.3 Å². The number of nitrogens with zero attached hydrogens (tertiary/aromatic N) is 3. The molecule has 0 radical (unpaired) electrons. The average molecular weight is 377 g/mol. The second kappa shape index (κ2) is 8.14. The molecular weight excluding hydrogens is 359 g/mol. The highest BCUT2D eigenvalue weighted by Gasteiger charge is 2.25. The molecule has 0 saturated carbocycles. The van der Waals surface area contributed by atoms with Crippen molar-refractivity contribution < 1.29 is 13.9 Å². The summed E-state index contributed by atoms with van der Waals surface area (Å²) in [7, 11) is 0. The topological polar surface area (TPSA) is 67.4 Å². The van der Waals surface area contributed by atoms with Crippen LogP contribution >= 0.6 is 11.6 Å². The highest BCUT2D eigenvalue weighted by atomic mass is 35.5. The lowest BCUT2D eigenvalue weighted by Crippen LogP contribution is -2.43. The Balaban J connectivity index is 1.71. The van der Waals surface area contributed by atoms with Crippen molar-refractivity contribution in [1.82, 2.24) is 14.9 Å². The number of likely N-dealkylation sites (tertiary alicyclic amines) is 1. The van der Waals surface area contributed by atoms with E-state index in [9.17, 15) is 9.18 Å². The monoisotopic (exact) mass is 376 g/mol. The van der Waals surface area contributed by atoms with E-state index in [-0.39, 0.29) is 23.8 Å². The van der Waals surface area contributed by atoms with Crippen LogP contribution < -0.4 is 10.1 Å². The molecule has 1 aliphatic heterocycles. The fourth-order valence-electron chi connectivity index (χ4n) is 2.71. The Kier molecular flexibility index (Phi) is 5.68. The SMILES string of the molecule is C=CC(=O)N1CCCC(Oc2nc(Nc3cccc(Cl)c3)ncc2F)C1. The number of piperidine rings is 1. The van der Waals surface area contributed by atoms with Crippen molar-refractivity contribution >= 4 is 29.1 Å². The molecule has 8 heteroatoms. The maximum absolute atomic E-state index is 14.1. The van der Waals surface area contributed by atoms with Gasteiger partial charge in [-0.3, -0.25) is 4.79 Å². The maximum atomic E-state index is 14.1. The van der Waals surface area contributed by atoms with Crippen LogP contribution in [-0.2, 0) is 4.79 Å². The molecule has 0 aliphatic carbocycles. The summed E-state index contributed by atoms with van der Waals surface area (Å²) in [5.74, 6) is -0.778. The van der Waals surface area contributed by atoms with Crippen LogP contribution in [0.25, 0.3) is 0 Å². The van der Waals surface area contributed by atoms with Gasteiger partial charge in [0.2, 0.25) is 17.7 Å². The molecule has 1 aromatic carbocycles. The maximum Gasteiger partial charge on any atom is 0.255 e. The van der Waals surface area contributed by atoms with Crippen molar-refractivity contribution in [2.45, 2.75) is 18.9 Å². The van der Waals surface area contributed by atoms with E-state index in [2.05, 4.69) is 21.9 Å². The average Bonchev–Trinajstić information content (AvgIpc) is 2.64. The minimum Gasteiger partial charge on any atom is -0.470 e. The van der Waals surface area contributed by atoms with Crippen LogP contribution in [0.5, 0.6) is 5.88 Å². The molecule has 0 bridgehead atoms. The van der Waals surface area contributed by atoms with Crippen LogP contribution in [0.15, 0.2) is 43.1 Å². The van der Waals surface area contributed by atoms with Gasteiger partial charge in [-0.2, -0.15) is 9.37 Å². The summed E-state index contributed by atoms with van der Waals surface area (Å²) in [4.78, 5) is 21.4. The molecule has 2 aromatic rings. The molecule has 1 unspecified atom stereocenters. The van der Waals surface area contributed by atoms with E-state index < -0.39 is 5.82 Å². The Bertz CT molecular complexity index is 818. The van der Waals surface area contributed by atoms with E-state index >= 15 is 0 Å². The highest BCUT2D eigenvalue weighted by Crippen LogP contribution is 2.23. The molecule has 136 valence electrons. The third-order valence-electron chi connectivity index (χ3n) is 3.94. The molecule has 1 saturated heterocycles. The quantitative estimate of drug-likeness (QED) is 0.808. The van der Waals surface area contributed by atoms with Crippen molar-refractivity contribution in [3.8, 4) is 5.88 Å². The highest BCUT2D eigenvalue weighted by molar-refractivity contribution is 6.30. The molecule has 1 fully saturated rings. The predicted molar refractivity (Wildman–Crippen MR) is 97.2 cm³/mol. The number of halogens is 2. The molecule has 1 amide bonds. The molecule has 2 heterocycles. The normalized spacial score (nSPS) is 16.8. The Hall–Kier alpha value is -2.67. The molecule has 1 atom stereocenters. The Morgan fingerprint density at radius 1 is 1.50 bits per heavy atom. The van der Waals surface area contributed by atoms with E-state index in [1.165, 1.54) is 6.08 Å². The molecule has 3 rings (SSSR count). The lowest BCUT2D eigenvalue weighted by atomic mass is 10.1. The minimum absolute atomic E-state index is 0.151. The summed E-state index contributed by atoms with van der Waals surface area (Å²) in [5, 5.41) is 3.51. The van der Waals surface area contributed by atoms with Gasteiger partial charge in [0.1, 0.15) is 6.10 Å². The zero-order chi connectivity index (χ0) is 18.5. The van der Waals surface area contributed by atoms with Gasteiger partial charge in [0.15, 0.2) is 0 Å². The summed E-state index contributed by atoms with van der Waals surface area (Å²) in [6.45, 7) is 4.49. The third kappa shape index (κ3) is 4.49. The molecule has 1 aliphatic rings. The van der Waals surface area contributed by atoms with Gasteiger partial charge in [-0.25, -0.2) is 4.98 Å². The van der Waals surface area contributed by atoms with Crippen molar-refractivity contribution in [1.29, 1.82) is 0 Å². The molecule has 1 aromatic heterocycles. The molecule has 0 spiro atoms. The van der Waals surface area contributed by atoms with E-state index in [1.54, 1.807) is 29.2 Å². The summed E-state index contributed by atoms with van der Waals surface area (Å²) >= 11 is 5.94. The van der Waals surface area contributed by atoms with Gasteiger partial charge in [-0.1, -0.05) is 24.2 Å². The van der Waals surface area contributed by atoms with Gasteiger partial charge in [-0.05, 0) is 37.1 Å². The fourth-order valence-corrected chi connectivity index (χ4v) is 2.90. The van der Waals surface area contributed by atoms with Crippen molar-refractivity contribution in [2.75, 3.05) is 18.4 Å². The van der Waals surface area contributed by atoms with Crippen LogP contribution in [0, 0.1) is 5.82 Å². The third-order valence-corrected chi connectivity index (χ3v) is 4.17. The second-order valence-electron chi connectivity index (χ2n) is 5.85. The number of ether oxygens (including phenoxy) is 1. The number of amides is 1. The zero-order valence-electron chi connectivity index (χ0n) is 14.0. The number of carbonyl (C=O) groups is 1. The molecule has 1 N–H and O–H groups in total. The first-order valence-electron chi connectivity index (χ1n) is 8.18. The van der Waals surface area contributed by atoms with E-state index in [0.29, 0.717) is 30.2 Å². The Morgan fingerprint density at radius 2 is 2.35 bits per heavy atom. The summed E-state index contributed by atoms with van der Waals surface area (Å²) in [6.07, 6.45) is 3.45. The standard InChI is InChI=1S/C18H18ClFN4O2/c1-2-16(25)24-8-4-7-14(11-24)26-17-15(20)10-21-18(23-17)22-13-6-3-5-12(19)9-13/h2-3,5-6,9-10,14H,1,4,7-8,11H2,(H,21,22,23). The smallest absolute Gasteiger partial charge is 0.255 e. The molecule has 6 nitrogen and oxygen atoms in total. The van der Waals surface area contributed by atoms with Crippen LogP contribution in [0.4, 0.5) is 16.0 Å². The van der Waals surface area contributed by atoms with Crippen molar-refractivity contribution in [2.24, 2.45) is 0 Å². The molecular formula is C18H18ClFN4O2. The van der Waals surface area contributed by atoms with Crippen LogP contribution in [-0.4, -0.2) is 40.0 Å². The largest absolute Gasteiger partial charge is 0.470 e. The predicted octanol–water partition coefficient (Wildman–Crippen LogP) is 3.57. The van der Waals surface area contributed by atoms with Gasteiger partial charge >= 0.3 is 0 Å². The number of benzene rings is 1. The van der Waals surface area contributed by atoms with Crippen LogP contribution in [0.1, 0.15) is 12.8 Å². The molecule has 26 heavy (non-hydrogen) atoms. The number of hydrogen-bond donors (Lipinski definition) is 1. The first kappa shape index (κ1) is 18.1. The first-order chi connectivity index (χ1) is 12.5. The summed E-state index contributed by atoms with van der Waals surface area (Å²) < 4.78 is 19.7. The minimum atomic E-state index is -0.659. The van der Waals surface area contributed by atoms with Gasteiger partial charge in [0.25, 0.3) is 5.88 Å². The van der Waals surface area contributed by atoms with Crippen LogP contribution in [0.2, 0.25) is 5.02 Å². The lowest BCUT2D eigenvalue weighted by molar-refractivity contribution is -0.128. The van der Waals surface area contributed by atoms with Crippen molar-refractivity contribution in [3.63, 3.8) is 0 Å². The lowest BCUT2D eigenvalue weighted by Gasteiger charge is -2.32. The van der Waals surface area contributed by atoms with Gasteiger partial charge in [0.05, 0.1) is 12.7 Å². The van der Waals surface area contributed by atoms with Gasteiger partial charge < -0.3 is 15.0 Å². The zero-order valence-corrected chi connectivity index (χ0v) is 14.7.